The fraction of sp³-hybridized carbons (Fsp3) is 0.333. The van der Waals surface area contributed by atoms with Gasteiger partial charge in [-0.1, -0.05) is 22.0 Å². The number of carboxylic acids is 1. The van der Waals surface area contributed by atoms with E-state index < -0.39 is 5.97 Å². The van der Waals surface area contributed by atoms with Crippen molar-refractivity contribution in [2.24, 2.45) is 5.92 Å². The van der Waals surface area contributed by atoms with Crippen molar-refractivity contribution in [2.75, 3.05) is 0 Å². The van der Waals surface area contributed by atoms with Crippen LogP contribution in [0.5, 0.6) is 0 Å². The van der Waals surface area contributed by atoms with Crippen molar-refractivity contribution in [1.82, 2.24) is 0 Å². The van der Waals surface area contributed by atoms with E-state index in [1.165, 1.54) is 0 Å². The molecule has 0 aromatic heterocycles. The molecule has 0 spiro atoms. The van der Waals surface area contributed by atoms with Crippen molar-refractivity contribution in [2.45, 2.75) is 19.3 Å². The lowest BCUT2D eigenvalue weighted by atomic mass is 9.99. The molecular weight excluding hydrogens is 272 g/mol. The van der Waals surface area contributed by atoms with Crippen LogP contribution in [0.4, 0.5) is 0 Å². The van der Waals surface area contributed by atoms with Gasteiger partial charge in [-0.15, -0.1) is 0 Å². The van der Waals surface area contributed by atoms with Crippen LogP contribution >= 0.6 is 15.9 Å². The highest BCUT2D eigenvalue weighted by Gasteiger charge is 2.30. The lowest BCUT2D eigenvalue weighted by molar-refractivity contribution is -0.137. The van der Waals surface area contributed by atoms with Crippen LogP contribution in [0.25, 0.3) is 0 Å². The number of carboxylic acid groups (broad SMARTS) is 1. The number of aliphatic carboxylic acids is 1. The number of Topliss-reactive ketones (excluding diaryl/α,β-unsaturated/α-hetero) is 1. The number of ketones is 1. The molecule has 0 amide bonds. The Hall–Kier alpha value is -1.16. The Kier molecular flexibility index (Phi) is 3.10. The maximum absolute atomic E-state index is 11.9. The summed E-state index contributed by atoms with van der Waals surface area (Å²) < 4.78 is 0.956. The van der Waals surface area contributed by atoms with Gasteiger partial charge in [0.15, 0.2) is 5.78 Å². The summed E-state index contributed by atoms with van der Waals surface area (Å²) in [5.74, 6) is -0.908. The molecule has 0 heterocycles. The van der Waals surface area contributed by atoms with E-state index in [0.717, 1.165) is 15.6 Å². The smallest absolute Gasteiger partial charge is 0.303 e. The predicted molar refractivity (Wildman–Crippen MR) is 62.5 cm³/mol. The van der Waals surface area contributed by atoms with Gasteiger partial charge in [0.2, 0.25) is 0 Å². The second-order valence-corrected chi connectivity index (χ2v) is 4.91. The monoisotopic (exact) mass is 282 g/mol. The zero-order valence-electron chi connectivity index (χ0n) is 8.57. The molecule has 1 aliphatic carbocycles. The van der Waals surface area contributed by atoms with Crippen LogP contribution in [0.1, 0.15) is 28.8 Å². The van der Waals surface area contributed by atoms with Crippen molar-refractivity contribution >= 4 is 27.7 Å². The molecular formula is C12H11BrO3. The first-order valence-corrected chi connectivity index (χ1v) is 5.91. The second-order valence-electron chi connectivity index (χ2n) is 4.00. The standard InChI is InChI=1S/C12H11BrO3/c13-9-2-3-10-8(6-9)5-7(12(10)16)1-4-11(14)15/h2-3,6-7H,1,4-5H2,(H,14,15). The molecule has 0 aliphatic heterocycles. The molecule has 1 aliphatic rings. The first-order valence-electron chi connectivity index (χ1n) is 5.12. The van der Waals surface area contributed by atoms with Crippen LogP contribution in [-0.2, 0) is 11.2 Å². The van der Waals surface area contributed by atoms with Crippen LogP contribution in [0, 0.1) is 5.92 Å². The first kappa shape index (κ1) is 11.3. The molecule has 84 valence electrons. The molecule has 1 aromatic rings. The van der Waals surface area contributed by atoms with E-state index in [2.05, 4.69) is 15.9 Å². The average Bonchev–Trinajstić information content (AvgIpc) is 2.52. The Morgan fingerprint density at radius 2 is 2.25 bits per heavy atom. The van der Waals surface area contributed by atoms with Gasteiger partial charge in [-0.25, -0.2) is 0 Å². The molecule has 1 atom stereocenters. The van der Waals surface area contributed by atoms with Gasteiger partial charge < -0.3 is 5.11 Å². The summed E-state index contributed by atoms with van der Waals surface area (Å²) >= 11 is 3.36. The largest absolute Gasteiger partial charge is 0.481 e. The van der Waals surface area contributed by atoms with Crippen molar-refractivity contribution in [1.29, 1.82) is 0 Å². The van der Waals surface area contributed by atoms with E-state index in [1.54, 1.807) is 0 Å². The minimum absolute atomic E-state index is 0.0611. The van der Waals surface area contributed by atoms with Gasteiger partial charge in [-0.2, -0.15) is 0 Å². The molecule has 3 nitrogen and oxygen atoms in total. The van der Waals surface area contributed by atoms with Gasteiger partial charge in [-0.3, -0.25) is 9.59 Å². The SMILES string of the molecule is O=C(O)CCC1Cc2cc(Br)ccc2C1=O. The van der Waals surface area contributed by atoms with Gasteiger partial charge in [0.1, 0.15) is 0 Å². The molecule has 1 unspecified atom stereocenters. The number of hydrogen-bond donors (Lipinski definition) is 1. The van der Waals surface area contributed by atoms with Gasteiger partial charge in [0.25, 0.3) is 0 Å². The number of fused-ring (bicyclic) bond motifs is 1. The zero-order valence-corrected chi connectivity index (χ0v) is 10.2. The first-order chi connectivity index (χ1) is 7.58. The number of carbonyl (C=O) groups is 2. The van der Waals surface area contributed by atoms with E-state index in [-0.39, 0.29) is 18.1 Å². The highest BCUT2D eigenvalue weighted by molar-refractivity contribution is 9.10. The highest BCUT2D eigenvalue weighted by Crippen LogP contribution is 2.31. The lowest BCUT2D eigenvalue weighted by Gasteiger charge is -2.04. The number of carbonyl (C=O) groups excluding carboxylic acids is 1. The fourth-order valence-electron chi connectivity index (χ4n) is 2.08. The third kappa shape index (κ3) is 2.16. The predicted octanol–water partition coefficient (Wildman–Crippen LogP) is 2.67. The molecule has 2 rings (SSSR count). The van der Waals surface area contributed by atoms with Crippen LogP contribution in [0.3, 0.4) is 0 Å². The van der Waals surface area contributed by atoms with Crippen LogP contribution < -0.4 is 0 Å². The molecule has 16 heavy (non-hydrogen) atoms. The van der Waals surface area contributed by atoms with E-state index in [0.29, 0.717) is 12.8 Å². The van der Waals surface area contributed by atoms with E-state index in [4.69, 9.17) is 5.11 Å². The summed E-state index contributed by atoms with van der Waals surface area (Å²) in [5, 5.41) is 8.60. The Balaban J connectivity index is 2.14. The molecule has 4 heteroatoms. The molecule has 0 bridgehead atoms. The third-order valence-corrected chi connectivity index (χ3v) is 3.37. The minimum Gasteiger partial charge on any atom is -0.481 e. The quantitative estimate of drug-likeness (QED) is 0.927. The van der Waals surface area contributed by atoms with Crippen molar-refractivity contribution in [3.05, 3.63) is 33.8 Å². The van der Waals surface area contributed by atoms with Crippen molar-refractivity contribution in [3.63, 3.8) is 0 Å². The fourth-order valence-corrected chi connectivity index (χ4v) is 2.49. The van der Waals surface area contributed by atoms with Gasteiger partial charge in [0, 0.05) is 22.4 Å². The van der Waals surface area contributed by atoms with E-state index >= 15 is 0 Å². The summed E-state index contributed by atoms with van der Waals surface area (Å²) in [6.45, 7) is 0. The molecule has 1 aromatic carbocycles. The summed E-state index contributed by atoms with van der Waals surface area (Å²) in [5.41, 5.74) is 1.77. The summed E-state index contributed by atoms with van der Waals surface area (Å²) in [6, 6.07) is 5.59. The normalized spacial score (nSPS) is 18.6. The maximum Gasteiger partial charge on any atom is 0.303 e. The molecule has 0 radical (unpaired) electrons. The molecule has 0 fully saturated rings. The van der Waals surface area contributed by atoms with E-state index in [1.807, 2.05) is 18.2 Å². The topological polar surface area (TPSA) is 54.4 Å². The summed E-state index contributed by atoms with van der Waals surface area (Å²) in [7, 11) is 0. The lowest BCUT2D eigenvalue weighted by Crippen LogP contribution is -2.11. The maximum atomic E-state index is 11.9. The Bertz CT molecular complexity index is 454. The van der Waals surface area contributed by atoms with Crippen LogP contribution in [0.2, 0.25) is 0 Å². The van der Waals surface area contributed by atoms with Crippen LogP contribution in [-0.4, -0.2) is 16.9 Å². The van der Waals surface area contributed by atoms with Gasteiger partial charge >= 0.3 is 5.97 Å². The number of halogens is 1. The molecule has 0 saturated heterocycles. The molecule has 1 N–H and O–H groups in total. The van der Waals surface area contributed by atoms with Crippen molar-refractivity contribution < 1.29 is 14.7 Å². The van der Waals surface area contributed by atoms with Crippen molar-refractivity contribution in [3.8, 4) is 0 Å². The van der Waals surface area contributed by atoms with Gasteiger partial charge in [-0.05, 0) is 30.5 Å². The summed E-state index contributed by atoms with van der Waals surface area (Å²) in [6.07, 6.45) is 1.16. The Labute approximate surface area is 102 Å². The highest BCUT2D eigenvalue weighted by atomic mass is 79.9. The van der Waals surface area contributed by atoms with Gasteiger partial charge in [0.05, 0.1) is 0 Å². The summed E-state index contributed by atoms with van der Waals surface area (Å²) in [4.78, 5) is 22.4. The number of rotatable bonds is 3. The average molecular weight is 283 g/mol. The van der Waals surface area contributed by atoms with Crippen LogP contribution in [0.15, 0.2) is 22.7 Å². The number of hydrogen-bond acceptors (Lipinski definition) is 2. The number of benzene rings is 1. The third-order valence-electron chi connectivity index (χ3n) is 2.88. The second kappa shape index (κ2) is 4.37. The zero-order chi connectivity index (χ0) is 11.7. The molecule has 0 saturated carbocycles. The Morgan fingerprint density at radius 3 is 2.94 bits per heavy atom. The van der Waals surface area contributed by atoms with E-state index in [9.17, 15) is 9.59 Å². The Morgan fingerprint density at radius 1 is 1.50 bits per heavy atom. The minimum atomic E-state index is -0.843.